The summed E-state index contributed by atoms with van der Waals surface area (Å²) in [7, 11) is 0. The Morgan fingerprint density at radius 2 is 2.09 bits per heavy atom. The Bertz CT molecular complexity index is 541. The highest BCUT2D eigenvalue weighted by molar-refractivity contribution is 7.09. The van der Waals surface area contributed by atoms with E-state index in [1.54, 1.807) is 5.38 Å². The van der Waals surface area contributed by atoms with Crippen LogP contribution in [0.1, 0.15) is 47.6 Å². The van der Waals surface area contributed by atoms with Gasteiger partial charge in [0, 0.05) is 11.9 Å². The summed E-state index contributed by atoms with van der Waals surface area (Å²) in [5, 5.41) is 7.93. The molecule has 0 aliphatic heterocycles. The van der Waals surface area contributed by atoms with E-state index in [9.17, 15) is 9.59 Å². The number of carbonyl (C=O) groups excluding carboxylic acids is 2. The van der Waals surface area contributed by atoms with Gasteiger partial charge < -0.3 is 16.4 Å². The number of hydrogen-bond acceptors (Lipinski definition) is 4. The Labute approximate surface area is 134 Å². The minimum atomic E-state index is -0.551. The number of urea groups is 1. The van der Waals surface area contributed by atoms with Crippen LogP contribution in [0.5, 0.6) is 0 Å². The van der Waals surface area contributed by atoms with Gasteiger partial charge in [0.2, 0.25) is 0 Å². The predicted octanol–water partition coefficient (Wildman–Crippen LogP) is 2.18. The lowest BCUT2D eigenvalue weighted by Gasteiger charge is -2.18. The van der Waals surface area contributed by atoms with Crippen LogP contribution in [0.25, 0.3) is 0 Å². The third kappa shape index (κ3) is 5.48. The maximum Gasteiger partial charge on any atom is 0.315 e. The van der Waals surface area contributed by atoms with Gasteiger partial charge in [0.15, 0.2) is 0 Å². The Kier molecular flexibility index (Phi) is 6.39. The van der Waals surface area contributed by atoms with Gasteiger partial charge in [0.25, 0.3) is 5.91 Å². The van der Waals surface area contributed by atoms with Crippen LogP contribution >= 0.6 is 11.3 Å². The largest absolute Gasteiger partial charge is 0.364 e. The van der Waals surface area contributed by atoms with E-state index in [1.807, 2.05) is 0 Å². The van der Waals surface area contributed by atoms with E-state index in [-0.39, 0.29) is 11.7 Å². The number of primary amides is 1. The van der Waals surface area contributed by atoms with E-state index in [4.69, 9.17) is 5.73 Å². The molecule has 0 saturated heterocycles. The van der Waals surface area contributed by atoms with Gasteiger partial charge in [0.1, 0.15) is 10.7 Å². The lowest BCUT2D eigenvalue weighted by atomic mass is 9.94. The van der Waals surface area contributed by atoms with Crippen molar-refractivity contribution in [3.05, 3.63) is 28.2 Å². The van der Waals surface area contributed by atoms with Crippen LogP contribution in [0.4, 0.5) is 4.79 Å². The average Bonchev–Trinajstić information content (AvgIpc) is 2.93. The van der Waals surface area contributed by atoms with Gasteiger partial charge in [-0.3, -0.25) is 4.79 Å². The molecule has 2 rings (SSSR count). The highest BCUT2D eigenvalue weighted by atomic mass is 32.1. The molecule has 120 valence electrons. The van der Waals surface area contributed by atoms with E-state index in [2.05, 4.69) is 27.8 Å². The third-order valence-corrected chi connectivity index (χ3v) is 4.50. The van der Waals surface area contributed by atoms with E-state index in [0.717, 1.165) is 25.7 Å². The summed E-state index contributed by atoms with van der Waals surface area (Å²) < 4.78 is 0. The van der Waals surface area contributed by atoms with Gasteiger partial charge in [-0.2, -0.15) is 0 Å². The number of nitrogens with two attached hydrogens (primary N) is 1. The third-order valence-electron chi connectivity index (χ3n) is 3.65. The maximum atomic E-state index is 11.8. The van der Waals surface area contributed by atoms with Gasteiger partial charge in [-0.1, -0.05) is 12.2 Å². The molecule has 0 saturated carbocycles. The first-order chi connectivity index (χ1) is 10.6. The fourth-order valence-corrected chi connectivity index (χ4v) is 3.12. The van der Waals surface area contributed by atoms with Crippen LogP contribution in [0, 0.1) is 5.92 Å². The van der Waals surface area contributed by atoms with Crippen molar-refractivity contribution in [2.75, 3.05) is 6.54 Å². The van der Waals surface area contributed by atoms with E-state index >= 15 is 0 Å². The summed E-state index contributed by atoms with van der Waals surface area (Å²) >= 11 is 1.31. The minimum absolute atomic E-state index is 0.201. The average molecular weight is 322 g/mol. The van der Waals surface area contributed by atoms with Gasteiger partial charge >= 0.3 is 6.03 Å². The molecule has 0 fully saturated rings. The first kappa shape index (κ1) is 16.5. The summed E-state index contributed by atoms with van der Waals surface area (Å²) in [5.41, 5.74) is 5.38. The summed E-state index contributed by atoms with van der Waals surface area (Å²) in [5.74, 6) is -0.0117. The molecule has 4 N–H and O–H groups in total. The zero-order valence-corrected chi connectivity index (χ0v) is 13.3. The zero-order chi connectivity index (χ0) is 15.8. The molecule has 1 aliphatic rings. The van der Waals surface area contributed by atoms with Gasteiger partial charge in [0.05, 0.1) is 6.54 Å². The molecule has 3 amide bonds. The molecule has 0 radical (unpaired) electrons. The van der Waals surface area contributed by atoms with Crippen molar-refractivity contribution in [1.82, 2.24) is 15.6 Å². The van der Waals surface area contributed by atoms with Gasteiger partial charge in [-0.25, -0.2) is 9.78 Å². The monoisotopic (exact) mass is 322 g/mol. The number of nitrogens with one attached hydrogen (secondary N) is 2. The molecule has 0 aromatic carbocycles. The van der Waals surface area contributed by atoms with Crippen LogP contribution in [0.3, 0.4) is 0 Å². The summed E-state index contributed by atoms with van der Waals surface area (Å²) in [6.45, 7) is 1.00. The summed E-state index contributed by atoms with van der Waals surface area (Å²) in [4.78, 5) is 26.8. The number of carbonyl (C=O) groups is 2. The van der Waals surface area contributed by atoms with Gasteiger partial charge in [-0.05, 0) is 38.0 Å². The number of thiazole rings is 1. The lowest BCUT2D eigenvalue weighted by Crippen LogP contribution is -2.38. The number of hydrogen-bond donors (Lipinski definition) is 3. The number of allylic oxidation sites excluding steroid dienone is 2. The van der Waals surface area contributed by atoms with Crippen molar-refractivity contribution >= 4 is 23.3 Å². The first-order valence-electron chi connectivity index (χ1n) is 7.56. The topological polar surface area (TPSA) is 97.1 Å². The molecule has 1 aromatic heterocycles. The first-order valence-corrected chi connectivity index (χ1v) is 8.44. The van der Waals surface area contributed by atoms with Gasteiger partial charge in [-0.15, -0.1) is 11.3 Å². The van der Waals surface area contributed by atoms with Crippen molar-refractivity contribution in [2.45, 2.75) is 38.6 Å². The van der Waals surface area contributed by atoms with Crippen molar-refractivity contribution in [3.8, 4) is 0 Å². The minimum Gasteiger partial charge on any atom is -0.364 e. The Hall–Kier alpha value is -1.89. The van der Waals surface area contributed by atoms with E-state index in [1.165, 1.54) is 17.8 Å². The van der Waals surface area contributed by atoms with Crippen LogP contribution in [-0.2, 0) is 6.54 Å². The Morgan fingerprint density at radius 1 is 1.27 bits per heavy atom. The molecular formula is C15H22N4O2S. The smallest absolute Gasteiger partial charge is 0.315 e. The molecule has 1 heterocycles. The normalized spacial score (nSPS) is 19.7. The second kappa shape index (κ2) is 8.53. The molecule has 1 unspecified atom stereocenters. The van der Waals surface area contributed by atoms with Crippen molar-refractivity contribution < 1.29 is 9.59 Å². The number of rotatable bonds is 5. The zero-order valence-electron chi connectivity index (χ0n) is 12.5. The number of nitrogens with zero attached hydrogens (tertiary/aromatic N) is 1. The lowest BCUT2D eigenvalue weighted by molar-refractivity contribution is 0.0996. The summed E-state index contributed by atoms with van der Waals surface area (Å²) in [6, 6.07) is -0.201. The Balaban J connectivity index is 1.68. The molecule has 0 bridgehead atoms. The highest BCUT2D eigenvalue weighted by Crippen LogP contribution is 2.17. The Morgan fingerprint density at radius 3 is 2.86 bits per heavy atom. The quantitative estimate of drug-likeness (QED) is 0.725. The standard InChI is InChI=1S/C15H22N4O2S/c16-14(20)12-10-22-13(19-12)9-18-15(21)17-8-11-6-4-2-1-3-5-7-11/h1-2,10-11H,3-9H2,(H2,16,20)(H2,17,18,21)/b2-1-. The molecule has 1 aliphatic carbocycles. The number of aromatic nitrogens is 1. The number of amides is 3. The molecule has 0 spiro atoms. The second-order valence-corrected chi connectivity index (χ2v) is 6.34. The molecule has 22 heavy (non-hydrogen) atoms. The van der Waals surface area contributed by atoms with Crippen LogP contribution in [0.15, 0.2) is 17.5 Å². The van der Waals surface area contributed by atoms with Crippen LogP contribution in [-0.4, -0.2) is 23.5 Å². The van der Waals surface area contributed by atoms with Crippen molar-refractivity contribution in [1.29, 1.82) is 0 Å². The maximum absolute atomic E-state index is 11.8. The molecule has 1 aromatic rings. The molecule has 6 nitrogen and oxygen atoms in total. The highest BCUT2D eigenvalue weighted by Gasteiger charge is 2.12. The molecule has 1 atom stereocenters. The van der Waals surface area contributed by atoms with Crippen LogP contribution < -0.4 is 16.4 Å². The SMILES string of the molecule is NC(=O)c1csc(CNC(=O)NCC2CC/C=C\CCC2)n1. The molecular weight excluding hydrogens is 300 g/mol. The van der Waals surface area contributed by atoms with Crippen molar-refractivity contribution in [3.63, 3.8) is 0 Å². The van der Waals surface area contributed by atoms with E-state index < -0.39 is 5.91 Å². The fourth-order valence-electron chi connectivity index (χ4n) is 2.40. The van der Waals surface area contributed by atoms with Crippen molar-refractivity contribution in [2.24, 2.45) is 11.7 Å². The fraction of sp³-hybridized carbons (Fsp3) is 0.533. The predicted molar refractivity (Wildman–Crippen MR) is 86.6 cm³/mol. The second-order valence-electron chi connectivity index (χ2n) is 5.40. The van der Waals surface area contributed by atoms with E-state index in [0.29, 0.717) is 24.0 Å². The summed E-state index contributed by atoms with van der Waals surface area (Å²) in [6.07, 6.45) is 10.1. The molecule has 7 heteroatoms. The van der Waals surface area contributed by atoms with Crippen LogP contribution in [0.2, 0.25) is 0 Å².